The Morgan fingerprint density at radius 1 is 1.05 bits per heavy atom. The van der Waals surface area contributed by atoms with Gasteiger partial charge in [0, 0.05) is 49.6 Å². The maximum absolute atomic E-state index is 11.8. The van der Waals surface area contributed by atoms with Crippen molar-refractivity contribution >= 4 is 28.6 Å². The predicted molar refractivity (Wildman–Crippen MR) is 159 cm³/mol. The number of rotatable bonds is 5. The van der Waals surface area contributed by atoms with Crippen molar-refractivity contribution in [1.29, 1.82) is 0 Å². The monoisotopic (exact) mass is 579 g/mol. The van der Waals surface area contributed by atoms with E-state index in [-0.39, 0.29) is 5.82 Å². The summed E-state index contributed by atoms with van der Waals surface area (Å²) in [5.41, 5.74) is 3.76. The van der Waals surface area contributed by atoms with Crippen LogP contribution in [0.3, 0.4) is 0 Å². The second kappa shape index (κ2) is 12.3. The number of nitrogens with one attached hydrogen (secondary N) is 1. The zero-order valence-electron chi connectivity index (χ0n) is 23.8. The predicted octanol–water partition coefficient (Wildman–Crippen LogP) is 6.10. The number of imidazole rings is 1. The maximum atomic E-state index is 11.8. The van der Waals surface area contributed by atoms with Gasteiger partial charge in [-0.15, -0.1) is 0 Å². The molecule has 2 saturated heterocycles. The Bertz CT molecular complexity index is 1540. The number of aromatic amines is 1. The summed E-state index contributed by atoms with van der Waals surface area (Å²) in [7, 11) is 0. The van der Waals surface area contributed by atoms with E-state index in [0.29, 0.717) is 28.6 Å². The summed E-state index contributed by atoms with van der Waals surface area (Å²) in [6, 6.07) is 4.18. The maximum Gasteiger partial charge on any atom is 0.439 e. The Kier molecular flexibility index (Phi) is 8.39. The van der Waals surface area contributed by atoms with Crippen LogP contribution in [0, 0.1) is 11.8 Å². The molecule has 3 fully saturated rings. The van der Waals surface area contributed by atoms with Crippen molar-refractivity contribution < 1.29 is 9.26 Å². The molecule has 0 radical (unpaired) electrons. The lowest BCUT2D eigenvalue weighted by atomic mass is 9.86. The molecule has 2 unspecified atom stereocenters. The molecule has 0 spiro atoms. The molecular weight excluding hydrogens is 542 g/mol. The minimum absolute atomic E-state index is 0.268. The number of hydrogen-bond donors (Lipinski definition) is 1. The summed E-state index contributed by atoms with van der Waals surface area (Å²) in [4.78, 5) is 31.6. The molecule has 218 valence electrons. The van der Waals surface area contributed by atoms with E-state index in [0.717, 1.165) is 67.4 Å². The van der Waals surface area contributed by atoms with Crippen LogP contribution >= 0.6 is 11.6 Å². The average molecular weight is 580 g/mol. The number of pyridine rings is 2. The molecule has 1 aliphatic carbocycles. The van der Waals surface area contributed by atoms with Gasteiger partial charge in [0.05, 0.1) is 28.4 Å². The highest BCUT2D eigenvalue weighted by molar-refractivity contribution is 6.30. The smallest absolute Gasteiger partial charge is 0.381 e. The molecule has 4 aromatic heterocycles. The van der Waals surface area contributed by atoms with Crippen LogP contribution in [0.15, 0.2) is 33.8 Å². The van der Waals surface area contributed by atoms with E-state index in [2.05, 4.69) is 24.6 Å². The second-order valence-electron chi connectivity index (χ2n) is 11.1. The Hall–Kier alpha value is -3.24. The van der Waals surface area contributed by atoms with E-state index >= 15 is 0 Å². The number of H-pyrrole nitrogens is 1. The molecule has 1 N–H and O–H groups in total. The summed E-state index contributed by atoms with van der Waals surface area (Å²) in [6.07, 6.45) is 13.0. The van der Waals surface area contributed by atoms with Crippen molar-refractivity contribution in [3.63, 3.8) is 0 Å². The van der Waals surface area contributed by atoms with Crippen LogP contribution in [0.2, 0.25) is 5.02 Å². The summed E-state index contributed by atoms with van der Waals surface area (Å²) in [5.74, 6) is 1.74. The van der Waals surface area contributed by atoms with Gasteiger partial charge < -0.3 is 14.2 Å². The van der Waals surface area contributed by atoms with Gasteiger partial charge in [-0.3, -0.25) is 14.5 Å². The zero-order chi connectivity index (χ0) is 28.3. The van der Waals surface area contributed by atoms with E-state index < -0.39 is 5.76 Å². The number of hydrogen-bond acceptors (Lipinski definition) is 8. The summed E-state index contributed by atoms with van der Waals surface area (Å²) < 4.78 is 13.1. The Morgan fingerprint density at radius 2 is 1.90 bits per heavy atom. The highest BCUT2D eigenvalue weighted by Crippen LogP contribution is 2.39. The first kappa shape index (κ1) is 27.9. The molecule has 11 heteroatoms. The number of piperidine rings is 1. The fraction of sp³-hybridized carbons (Fsp3) is 0.567. The van der Waals surface area contributed by atoms with Crippen molar-refractivity contribution in [2.45, 2.75) is 77.8 Å². The molecule has 2 aliphatic heterocycles. The molecular formula is C30H38ClN7O3. The first-order valence-corrected chi connectivity index (χ1v) is 15.4. The summed E-state index contributed by atoms with van der Waals surface area (Å²) >= 11 is 6.40. The molecule has 7 rings (SSSR count). The lowest BCUT2D eigenvalue weighted by Gasteiger charge is -2.44. The van der Waals surface area contributed by atoms with Crippen molar-refractivity contribution in [1.82, 2.24) is 29.7 Å². The minimum Gasteiger partial charge on any atom is -0.381 e. The van der Waals surface area contributed by atoms with E-state index in [4.69, 9.17) is 30.8 Å². The van der Waals surface area contributed by atoms with E-state index in [1.54, 1.807) is 12.4 Å². The molecule has 41 heavy (non-hydrogen) atoms. The van der Waals surface area contributed by atoms with Gasteiger partial charge in [-0.05, 0) is 50.2 Å². The van der Waals surface area contributed by atoms with Crippen LogP contribution in [-0.2, 0) is 11.3 Å². The third-order valence-electron chi connectivity index (χ3n) is 8.60. The number of halogens is 1. The quantitative estimate of drug-likeness (QED) is 0.301. The van der Waals surface area contributed by atoms with Crippen molar-refractivity contribution in [3.8, 4) is 22.8 Å². The molecule has 10 nitrogen and oxygen atoms in total. The average Bonchev–Trinajstić information content (AvgIpc) is 3.61. The molecule has 2 atom stereocenters. The minimum atomic E-state index is -0.625. The van der Waals surface area contributed by atoms with E-state index in [9.17, 15) is 4.79 Å². The fourth-order valence-electron chi connectivity index (χ4n) is 6.78. The van der Waals surface area contributed by atoms with Crippen LogP contribution in [0.5, 0.6) is 0 Å². The summed E-state index contributed by atoms with van der Waals surface area (Å²) in [6.45, 7) is 7.46. The van der Waals surface area contributed by atoms with Gasteiger partial charge in [-0.2, -0.15) is 0 Å². The molecule has 0 amide bonds. The van der Waals surface area contributed by atoms with E-state index in [1.807, 2.05) is 26.0 Å². The lowest BCUT2D eigenvalue weighted by Crippen LogP contribution is -2.50. The van der Waals surface area contributed by atoms with Gasteiger partial charge in [0.1, 0.15) is 5.69 Å². The number of fused-ring (bicyclic) bond motifs is 2. The standard InChI is InChI=1S/C28H32ClN7O3.C2H6/c29-20-11-19(13-30-14-20)24-25-21(12-22(31-24)26-33-28(37)39-34-26)32-27(36(25)15-17-5-2-1-3-6-17)35-9-4-7-18-16-38-10-8-23(18)35;1-2/h11-14,17-18,23H,1-10,15-16H2,(H,33,34,37);1-2H3. The van der Waals surface area contributed by atoms with Crippen molar-refractivity contribution in [2.75, 3.05) is 24.7 Å². The fourth-order valence-corrected chi connectivity index (χ4v) is 6.95. The highest BCUT2D eigenvalue weighted by Gasteiger charge is 2.37. The Labute approximate surface area is 244 Å². The van der Waals surface area contributed by atoms with Gasteiger partial charge in [0.15, 0.2) is 0 Å². The molecule has 0 aromatic carbocycles. The molecule has 4 aromatic rings. The largest absolute Gasteiger partial charge is 0.439 e. The van der Waals surface area contributed by atoms with Crippen molar-refractivity contribution in [2.24, 2.45) is 11.8 Å². The van der Waals surface area contributed by atoms with Gasteiger partial charge in [-0.1, -0.05) is 49.9 Å². The Morgan fingerprint density at radius 3 is 2.68 bits per heavy atom. The third kappa shape index (κ3) is 5.64. The van der Waals surface area contributed by atoms with Crippen LogP contribution < -0.4 is 10.7 Å². The van der Waals surface area contributed by atoms with Gasteiger partial charge in [0.25, 0.3) is 0 Å². The van der Waals surface area contributed by atoms with Crippen molar-refractivity contribution in [3.05, 3.63) is 40.1 Å². The van der Waals surface area contributed by atoms with Gasteiger partial charge in [-0.25, -0.2) is 14.8 Å². The first-order valence-electron chi connectivity index (χ1n) is 15.1. The normalized spacial score (nSPS) is 21.4. The van der Waals surface area contributed by atoms with Crippen LogP contribution in [0.1, 0.15) is 65.2 Å². The number of ether oxygens (including phenoxy) is 1. The Balaban J connectivity index is 0.00000148. The topological polar surface area (TPSA) is 115 Å². The third-order valence-corrected chi connectivity index (χ3v) is 8.80. The second-order valence-corrected chi connectivity index (χ2v) is 11.5. The van der Waals surface area contributed by atoms with Crippen LogP contribution in [0.4, 0.5) is 5.95 Å². The molecule has 0 bridgehead atoms. The van der Waals surface area contributed by atoms with Crippen LogP contribution in [-0.4, -0.2) is 55.5 Å². The first-order chi connectivity index (χ1) is 20.1. The molecule has 6 heterocycles. The number of anilines is 1. The lowest BCUT2D eigenvalue weighted by molar-refractivity contribution is 0.0278. The van der Waals surface area contributed by atoms with Gasteiger partial charge >= 0.3 is 5.76 Å². The molecule has 1 saturated carbocycles. The summed E-state index contributed by atoms with van der Waals surface area (Å²) in [5, 5.41) is 4.44. The van der Waals surface area contributed by atoms with Crippen LogP contribution in [0.25, 0.3) is 33.8 Å². The number of aromatic nitrogens is 6. The van der Waals surface area contributed by atoms with E-state index in [1.165, 1.54) is 38.5 Å². The van der Waals surface area contributed by atoms with Gasteiger partial charge in [0.2, 0.25) is 11.8 Å². The SMILES string of the molecule is CC.O=c1[nH]c(-c2cc3nc(N4CCCC5COCCC54)n(CC4CCCCC4)c3c(-c3cncc(Cl)c3)n2)no1. The zero-order valence-corrected chi connectivity index (χ0v) is 24.6. The number of nitrogens with zero attached hydrogens (tertiary/aromatic N) is 6. The molecule has 3 aliphatic rings. The highest BCUT2D eigenvalue weighted by atomic mass is 35.5.